The molecule has 3 aromatic carbocycles. The number of para-hydroxylation sites is 1. The summed E-state index contributed by atoms with van der Waals surface area (Å²) < 4.78 is 0. The van der Waals surface area contributed by atoms with Gasteiger partial charge in [-0.25, -0.2) is 0 Å². The minimum Gasteiger partial charge on any atom is -0.398 e. The van der Waals surface area contributed by atoms with Crippen LogP contribution in [0.2, 0.25) is 0 Å². The Morgan fingerprint density at radius 2 is 1.76 bits per heavy atom. The van der Waals surface area contributed by atoms with E-state index in [0.29, 0.717) is 5.69 Å². The highest BCUT2D eigenvalue weighted by Gasteiger charge is 2.07. The number of hydrogen-bond donors (Lipinski definition) is 2. The van der Waals surface area contributed by atoms with Crippen LogP contribution in [0.1, 0.15) is 24.1 Å². The van der Waals surface area contributed by atoms with Crippen LogP contribution >= 0.6 is 0 Å². The first-order valence-corrected chi connectivity index (χ1v) is 8.48. The van der Waals surface area contributed by atoms with E-state index in [2.05, 4.69) is 66.5 Å². The topological polar surface area (TPSA) is 38.0 Å². The monoisotopic (exact) mass is 326 g/mol. The standard InChI is InChI=1S/C23H22N2/c1-18(21-15-9-13-19-10-4-6-14-22(19)21)25-17-8-2-3-11-20-12-5-7-16-23(20)24/h2,4-10,12-16,18,25H,17,24H2,1H3/t18-/m1/s1. The highest BCUT2D eigenvalue weighted by Crippen LogP contribution is 2.23. The van der Waals surface area contributed by atoms with Crippen molar-refractivity contribution in [2.75, 3.05) is 12.3 Å². The Morgan fingerprint density at radius 3 is 2.64 bits per heavy atom. The highest BCUT2D eigenvalue weighted by molar-refractivity contribution is 5.86. The zero-order chi connectivity index (χ0) is 17.5. The van der Waals surface area contributed by atoms with Gasteiger partial charge in [0.15, 0.2) is 0 Å². The SMILES string of the molecule is C[C@@H](NCC=CC#Cc1ccccc1N)c1cccc2ccccc12. The van der Waals surface area contributed by atoms with Crippen molar-refractivity contribution in [2.45, 2.75) is 13.0 Å². The molecule has 0 saturated heterocycles. The molecule has 0 aromatic heterocycles. The second-order valence-electron chi connectivity index (χ2n) is 5.96. The lowest BCUT2D eigenvalue weighted by Crippen LogP contribution is -2.18. The van der Waals surface area contributed by atoms with Crippen LogP contribution in [0.3, 0.4) is 0 Å². The van der Waals surface area contributed by atoms with Crippen molar-refractivity contribution < 1.29 is 0 Å². The molecule has 3 aromatic rings. The first kappa shape index (κ1) is 16.8. The number of nitrogens with two attached hydrogens (primary N) is 1. The predicted octanol–water partition coefficient (Wildman–Crippen LogP) is 4.68. The molecule has 0 aliphatic rings. The lowest BCUT2D eigenvalue weighted by molar-refractivity contribution is 0.621. The zero-order valence-corrected chi connectivity index (χ0v) is 14.4. The van der Waals surface area contributed by atoms with Gasteiger partial charge in [0.05, 0.1) is 0 Å². The molecule has 0 aliphatic carbocycles. The van der Waals surface area contributed by atoms with Crippen LogP contribution in [0.25, 0.3) is 10.8 Å². The highest BCUT2D eigenvalue weighted by atomic mass is 14.9. The second kappa shape index (κ2) is 8.19. The molecule has 0 heterocycles. The number of rotatable bonds is 4. The Labute approximate surface area is 149 Å². The van der Waals surface area contributed by atoms with Crippen LogP contribution in [0.5, 0.6) is 0 Å². The Bertz CT molecular complexity index is 939. The molecule has 0 amide bonds. The Balaban J connectivity index is 1.60. The van der Waals surface area contributed by atoms with Crippen molar-refractivity contribution in [2.24, 2.45) is 0 Å². The summed E-state index contributed by atoms with van der Waals surface area (Å²) in [6.07, 6.45) is 3.91. The second-order valence-corrected chi connectivity index (χ2v) is 5.96. The van der Waals surface area contributed by atoms with Gasteiger partial charge in [-0.05, 0) is 41.5 Å². The molecule has 3 N–H and O–H groups in total. The average molecular weight is 326 g/mol. The third kappa shape index (κ3) is 4.29. The molecule has 0 aliphatic heterocycles. The fraction of sp³-hybridized carbons (Fsp3) is 0.130. The first-order valence-electron chi connectivity index (χ1n) is 8.48. The van der Waals surface area contributed by atoms with Gasteiger partial charge in [-0.15, -0.1) is 0 Å². The number of nitrogens with one attached hydrogen (secondary N) is 1. The van der Waals surface area contributed by atoms with Gasteiger partial charge in [0.1, 0.15) is 0 Å². The fourth-order valence-corrected chi connectivity index (χ4v) is 2.83. The molecular weight excluding hydrogens is 304 g/mol. The number of nitrogen functional groups attached to an aromatic ring is 1. The maximum Gasteiger partial charge on any atom is 0.0478 e. The van der Waals surface area contributed by atoms with Gasteiger partial charge in [0.25, 0.3) is 0 Å². The van der Waals surface area contributed by atoms with Crippen LogP contribution in [0, 0.1) is 11.8 Å². The van der Waals surface area contributed by atoms with Gasteiger partial charge in [0, 0.05) is 23.8 Å². The van der Waals surface area contributed by atoms with Crippen molar-refractivity contribution in [3.05, 3.63) is 90.0 Å². The van der Waals surface area contributed by atoms with Crippen LogP contribution < -0.4 is 11.1 Å². The molecule has 25 heavy (non-hydrogen) atoms. The molecule has 2 heteroatoms. The van der Waals surface area contributed by atoms with E-state index >= 15 is 0 Å². The van der Waals surface area contributed by atoms with E-state index in [9.17, 15) is 0 Å². The van der Waals surface area contributed by atoms with E-state index in [4.69, 9.17) is 5.73 Å². The maximum absolute atomic E-state index is 5.87. The van der Waals surface area contributed by atoms with Crippen molar-refractivity contribution in [1.29, 1.82) is 0 Å². The normalized spacial score (nSPS) is 12.0. The molecule has 0 spiro atoms. The average Bonchev–Trinajstić information content (AvgIpc) is 2.65. The number of anilines is 1. The van der Waals surface area contributed by atoms with Gasteiger partial charge in [-0.2, -0.15) is 0 Å². The van der Waals surface area contributed by atoms with E-state index in [-0.39, 0.29) is 6.04 Å². The molecule has 0 radical (unpaired) electrons. The smallest absolute Gasteiger partial charge is 0.0478 e. The van der Waals surface area contributed by atoms with Gasteiger partial charge >= 0.3 is 0 Å². The van der Waals surface area contributed by atoms with Gasteiger partial charge in [-0.1, -0.05) is 72.5 Å². The summed E-state index contributed by atoms with van der Waals surface area (Å²) in [5.41, 5.74) is 8.77. The zero-order valence-electron chi connectivity index (χ0n) is 14.4. The van der Waals surface area contributed by atoms with Crippen LogP contribution in [-0.2, 0) is 0 Å². The van der Waals surface area contributed by atoms with E-state index < -0.39 is 0 Å². The van der Waals surface area contributed by atoms with Crippen LogP contribution in [-0.4, -0.2) is 6.54 Å². The molecular formula is C23H22N2. The summed E-state index contributed by atoms with van der Waals surface area (Å²) in [6, 6.07) is 22.8. The third-order valence-electron chi connectivity index (χ3n) is 4.20. The fourth-order valence-electron chi connectivity index (χ4n) is 2.83. The molecule has 3 rings (SSSR count). The summed E-state index contributed by atoms with van der Waals surface area (Å²) in [6.45, 7) is 2.95. The molecule has 1 atom stereocenters. The van der Waals surface area contributed by atoms with Crippen molar-refractivity contribution in [3.8, 4) is 11.8 Å². The molecule has 124 valence electrons. The van der Waals surface area contributed by atoms with Crippen LogP contribution in [0.4, 0.5) is 5.69 Å². The van der Waals surface area contributed by atoms with E-state index in [1.807, 2.05) is 36.4 Å². The lowest BCUT2D eigenvalue weighted by atomic mass is 10.00. The number of hydrogen-bond acceptors (Lipinski definition) is 2. The lowest BCUT2D eigenvalue weighted by Gasteiger charge is -2.15. The molecule has 0 saturated carbocycles. The number of benzene rings is 3. The minimum atomic E-state index is 0.272. The largest absolute Gasteiger partial charge is 0.398 e. The van der Waals surface area contributed by atoms with Crippen LogP contribution in [0.15, 0.2) is 78.9 Å². The minimum absolute atomic E-state index is 0.272. The summed E-state index contributed by atoms with van der Waals surface area (Å²) in [4.78, 5) is 0. The summed E-state index contributed by atoms with van der Waals surface area (Å²) in [5, 5.41) is 6.09. The van der Waals surface area contributed by atoms with Crippen molar-refractivity contribution >= 4 is 16.5 Å². The Morgan fingerprint density at radius 1 is 1.00 bits per heavy atom. The maximum atomic E-state index is 5.87. The third-order valence-corrected chi connectivity index (χ3v) is 4.20. The van der Waals surface area contributed by atoms with E-state index in [1.54, 1.807) is 0 Å². The van der Waals surface area contributed by atoms with Crippen molar-refractivity contribution in [3.63, 3.8) is 0 Å². The Kier molecular flexibility index (Phi) is 5.51. The van der Waals surface area contributed by atoms with Gasteiger partial charge in [0.2, 0.25) is 0 Å². The molecule has 0 fully saturated rings. The summed E-state index contributed by atoms with van der Waals surface area (Å²) in [5.74, 6) is 6.10. The molecule has 2 nitrogen and oxygen atoms in total. The van der Waals surface area contributed by atoms with Gasteiger partial charge in [-0.3, -0.25) is 0 Å². The summed E-state index contributed by atoms with van der Waals surface area (Å²) >= 11 is 0. The quantitative estimate of drug-likeness (QED) is 0.539. The summed E-state index contributed by atoms with van der Waals surface area (Å²) in [7, 11) is 0. The molecule has 0 unspecified atom stereocenters. The predicted molar refractivity (Wildman–Crippen MR) is 107 cm³/mol. The number of fused-ring (bicyclic) bond motifs is 1. The van der Waals surface area contributed by atoms with E-state index in [0.717, 1.165) is 12.1 Å². The number of allylic oxidation sites excluding steroid dienone is 1. The van der Waals surface area contributed by atoms with Crippen molar-refractivity contribution in [1.82, 2.24) is 5.32 Å². The first-order chi connectivity index (χ1) is 12.3. The Hall–Kier alpha value is -3.02. The molecule has 0 bridgehead atoms. The van der Waals surface area contributed by atoms with E-state index in [1.165, 1.54) is 16.3 Å². The van der Waals surface area contributed by atoms with Gasteiger partial charge < -0.3 is 11.1 Å².